The Labute approximate surface area is 128 Å². The lowest BCUT2D eigenvalue weighted by atomic mass is 9.98. The van der Waals surface area contributed by atoms with Crippen LogP contribution in [0.1, 0.15) is 41.5 Å². The SMILES string of the molecule is Cn1nccc1C1CCCCN1C(=O)c1ccc(=O)n(C)n1. The van der Waals surface area contributed by atoms with Crippen molar-refractivity contribution in [3.05, 3.63) is 46.1 Å². The fourth-order valence-corrected chi connectivity index (χ4v) is 2.96. The largest absolute Gasteiger partial charge is 0.329 e. The van der Waals surface area contributed by atoms with Gasteiger partial charge in [0.25, 0.3) is 11.5 Å². The number of aromatic nitrogens is 4. The molecule has 1 aliphatic rings. The molecule has 0 spiro atoms. The monoisotopic (exact) mass is 301 g/mol. The van der Waals surface area contributed by atoms with Crippen molar-refractivity contribution in [1.29, 1.82) is 0 Å². The number of piperidine rings is 1. The quantitative estimate of drug-likeness (QED) is 0.825. The van der Waals surface area contributed by atoms with Gasteiger partial charge in [-0.25, -0.2) is 4.68 Å². The molecule has 1 fully saturated rings. The van der Waals surface area contributed by atoms with E-state index in [4.69, 9.17) is 0 Å². The molecule has 3 heterocycles. The number of aryl methyl sites for hydroxylation is 2. The van der Waals surface area contributed by atoms with Crippen molar-refractivity contribution in [1.82, 2.24) is 24.5 Å². The Kier molecular flexibility index (Phi) is 3.79. The van der Waals surface area contributed by atoms with Gasteiger partial charge in [-0.2, -0.15) is 10.2 Å². The van der Waals surface area contributed by atoms with E-state index in [0.717, 1.165) is 25.0 Å². The summed E-state index contributed by atoms with van der Waals surface area (Å²) in [5, 5.41) is 8.28. The summed E-state index contributed by atoms with van der Waals surface area (Å²) in [7, 11) is 3.44. The van der Waals surface area contributed by atoms with E-state index in [2.05, 4.69) is 10.2 Å². The van der Waals surface area contributed by atoms with Gasteiger partial charge in [-0.3, -0.25) is 14.3 Å². The van der Waals surface area contributed by atoms with Crippen LogP contribution in [0.2, 0.25) is 0 Å². The fourth-order valence-electron chi connectivity index (χ4n) is 2.96. The minimum absolute atomic E-state index is 0.00721. The van der Waals surface area contributed by atoms with Crippen LogP contribution in [-0.2, 0) is 14.1 Å². The highest BCUT2D eigenvalue weighted by molar-refractivity contribution is 5.92. The van der Waals surface area contributed by atoms with Gasteiger partial charge in [-0.1, -0.05) is 0 Å². The second kappa shape index (κ2) is 5.75. The van der Waals surface area contributed by atoms with Gasteiger partial charge in [0.05, 0.1) is 11.7 Å². The predicted molar refractivity (Wildman–Crippen MR) is 80.3 cm³/mol. The first-order chi connectivity index (χ1) is 10.6. The molecule has 0 bridgehead atoms. The molecule has 2 aromatic heterocycles. The Balaban J connectivity index is 1.93. The zero-order valence-corrected chi connectivity index (χ0v) is 12.8. The van der Waals surface area contributed by atoms with Gasteiger partial charge in [0, 0.05) is 32.9 Å². The molecule has 1 atom stereocenters. The van der Waals surface area contributed by atoms with Gasteiger partial charge < -0.3 is 4.90 Å². The van der Waals surface area contributed by atoms with E-state index in [-0.39, 0.29) is 17.5 Å². The first kappa shape index (κ1) is 14.5. The first-order valence-electron chi connectivity index (χ1n) is 7.41. The summed E-state index contributed by atoms with van der Waals surface area (Å²) >= 11 is 0. The number of carbonyl (C=O) groups is 1. The Morgan fingerprint density at radius 3 is 2.68 bits per heavy atom. The maximum atomic E-state index is 12.8. The van der Waals surface area contributed by atoms with Crippen molar-refractivity contribution in [3.63, 3.8) is 0 Å². The summed E-state index contributed by atoms with van der Waals surface area (Å²) < 4.78 is 3.00. The maximum Gasteiger partial charge on any atom is 0.274 e. The summed E-state index contributed by atoms with van der Waals surface area (Å²) in [5.41, 5.74) is 1.10. The predicted octanol–water partition coefficient (Wildman–Crippen LogP) is 0.881. The van der Waals surface area contributed by atoms with E-state index in [1.165, 1.54) is 16.8 Å². The summed E-state index contributed by atoms with van der Waals surface area (Å²) in [6, 6.07) is 4.83. The fraction of sp³-hybridized carbons (Fsp3) is 0.467. The summed E-state index contributed by atoms with van der Waals surface area (Å²) in [6.07, 6.45) is 4.72. The van der Waals surface area contributed by atoms with Crippen LogP contribution in [0.4, 0.5) is 0 Å². The van der Waals surface area contributed by atoms with Crippen molar-refractivity contribution in [2.75, 3.05) is 6.54 Å². The van der Waals surface area contributed by atoms with Gasteiger partial charge in [0.2, 0.25) is 0 Å². The summed E-state index contributed by atoms with van der Waals surface area (Å²) in [5.74, 6) is -0.137. The van der Waals surface area contributed by atoms with E-state index < -0.39 is 0 Å². The molecule has 0 N–H and O–H groups in total. The normalized spacial score (nSPS) is 18.5. The molecular weight excluding hydrogens is 282 g/mol. The zero-order valence-electron chi connectivity index (χ0n) is 12.8. The molecule has 0 saturated carbocycles. The standard InChI is InChI=1S/C15H19N5O2/c1-18-12(8-9-16-18)13-5-3-4-10-20(13)15(22)11-6-7-14(21)19(2)17-11/h6-9,13H,3-5,10H2,1-2H3. The Morgan fingerprint density at radius 1 is 1.18 bits per heavy atom. The van der Waals surface area contributed by atoms with Crippen molar-refractivity contribution < 1.29 is 4.79 Å². The molecule has 1 saturated heterocycles. The van der Waals surface area contributed by atoms with Gasteiger partial charge in [-0.15, -0.1) is 0 Å². The van der Waals surface area contributed by atoms with Gasteiger partial charge in [-0.05, 0) is 31.4 Å². The van der Waals surface area contributed by atoms with Crippen LogP contribution in [0.3, 0.4) is 0 Å². The van der Waals surface area contributed by atoms with Crippen LogP contribution in [0.5, 0.6) is 0 Å². The van der Waals surface area contributed by atoms with Crippen molar-refractivity contribution in [2.45, 2.75) is 25.3 Å². The highest BCUT2D eigenvalue weighted by atomic mass is 16.2. The van der Waals surface area contributed by atoms with Crippen LogP contribution < -0.4 is 5.56 Å². The van der Waals surface area contributed by atoms with E-state index in [9.17, 15) is 9.59 Å². The van der Waals surface area contributed by atoms with Crippen LogP contribution in [0.15, 0.2) is 29.2 Å². The van der Waals surface area contributed by atoms with Crippen LogP contribution in [-0.4, -0.2) is 36.9 Å². The van der Waals surface area contributed by atoms with Crippen LogP contribution >= 0.6 is 0 Å². The van der Waals surface area contributed by atoms with Crippen molar-refractivity contribution >= 4 is 5.91 Å². The minimum atomic E-state index is -0.224. The topological polar surface area (TPSA) is 73.0 Å². The number of carbonyl (C=O) groups excluding carboxylic acids is 1. The lowest BCUT2D eigenvalue weighted by Gasteiger charge is -2.35. The van der Waals surface area contributed by atoms with Crippen LogP contribution in [0, 0.1) is 0 Å². The van der Waals surface area contributed by atoms with Crippen molar-refractivity contribution in [2.24, 2.45) is 14.1 Å². The van der Waals surface area contributed by atoms with Crippen LogP contribution in [0.25, 0.3) is 0 Å². The van der Waals surface area contributed by atoms with E-state index in [1.807, 2.05) is 22.7 Å². The molecule has 1 amide bonds. The molecule has 0 aromatic carbocycles. The maximum absolute atomic E-state index is 12.8. The number of likely N-dealkylation sites (tertiary alicyclic amines) is 1. The average Bonchev–Trinajstić information content (AvgIpc) is 2.95. The third kappa shape index (κ3) is 2.54. The van der Waals surface area contributed by atoms with Gasteiger partial charge >= 0.3 is 0 Å². The second-order valence-electron chi connectivity index (χ2n) is 5.57. The van der Waals surface area contributed by atoms with Crippen molar-refractivity contribution in [3.8, 4) is 0 Å². The molecule has 116 valence electrons. The highest BCUT2D eigenvalue weighted by Crippen LogP contribution is 2.31. The molecule has 7 heteroatoms. The molecule has 2 aromatic rings. The number of hydrogen-bond donors (Lipinski definition) is 0. The zero-order chi connectivity index (χ0) is 15.7. The number of rotatable bonds is 2. The van der Waals surface area contributed by atoms with E-state index >= 15 is 0 Å². The molecule has 0 radical (unpaired) electrons. The lowest BCUT2D eigenvalue weighted by Crippen LogP contribution is -2.40. The number of hydrogen-bond acceptors (Lipinski definition) is 4. The lowest BCUT2D eigenvalue weighted by molar-refractivity contribution is 0.0592. The average molecular weight is 301 g/mol. The van der Waals surface area contributed by atoms with E-state index in [0.29, 0.717) is 12.2 Å². The van der Waals surface area contributed by atoms with E-state index in [1.54, 1.807) is 13.2 Å². The smallest absolute Gasteiger partial charge is 0.274 e. The number of amides is 1. The second-order valence-corrected chi connectivity index (χ2v) is 5.57. The molecule has 22 heavy (non-hydrogen) atoms. The molecule has 3 rings (SSSR count). The molecule has 7 nitrogen and oxygen atoms in total. The Hall–Kier alpha value is -2.44. The third-order valence-electron chi connectivity index (χ3n) is 4.14. The van der Waals surface area contributed by atoms with Gasteiger partial charge in [0.1, 0.15) is 5.69 Å². The Bertz CT molecular complexity index is 748. The highest BCUT2D eigenvalue weighted by Gasteiger charge is 2.31. The molecular formula is C15H19N5O2. The molecule has 1 unspecified atom stereocenters. The van der Waals surface area contributed by atoms with Gasteiger partial charge in [0.15, 0.2) is 0 Å². The summed E-state index contributed by atoms with van der Waals surface area (Å²) in [4.78, 5) is 26.1. The molecule has 0 aliphatic carbocycles. The minimum Gasteiger partial charge on any atom is -0.329 e. The number of nitrogens with zero attached hydrogens (tertiary/aromatic N) is 5. The third-order valence-corrected chi connectivity index (χ3v) is 4.14. The molecule has 1 aliphatic heterocycles. The Morgan fingerprint density at radius 2 is 2.00 bits per heavy atom. The first-order valence-corrected chi connectivity index (χ1v) is 7.41. The summed E-state index contributed by atoms with van der Waals surface area (Å²) in [6.45, 7) is 0.694.